The second-order valence-corrected chi connectivity index (χ2v) is 3.97. The second-order valence-electron chi connectivity index (χ2n) is 3.97. The molecule has 0 saturated carbocycles. The standard InChI is InChI=1S/C12H19N3O/c1-10(13)2-3-12(16)15-9-6-11-4-7-14-8-5-11/h4-5,7-8,10H,2-3,6,9,13H2,1H3,(H,15,16). The monoisotopic (exact) mass is 221 g/mol. The second kappa shape index (κ2) is 6.95. The predicted octanol–water partition coefficient (Wildman–Crippen LogP) is 0.868. The third-order valence-corrected chi connectivity index (χ3v) is 2.31. The van der Waals surface area contributed by atoms with Crippen molar-refractivity contribution < 1.29 is 4.79 Å². The molecule has 0 aliphatic heterocycles. The van der Waals surface area contributed by atoms with E-state index in [0.717, 1.165) is 12.8 Å². The first-order valence-electron chi connectivity index (χ1n) is 5.59. The number of carbonyl (C=O) groups is 1. The first-order chi connectivity index (χ1) is 7.68. The summed E-state index contributed by atoms with van der Waals surface area (Å²) in [5.74, 6) is 0.0753. The first kappa shape index (κ1) is 12.6. The Morgan fingerprint density at radius 3 is 2.81 bits per heavy atom. The molecular weight excluding hydrogens is 202 g/mol. The van der Waals surface area contributed by atoms with Crippen LogP contribution in [0.2, 0.25) is 0 Å². The van der Waals surface area contributed by atoms with E-state index in [-0.39, 0.29) is 11.9 Å². The van der Waals surface area contributed by atoms with Gasteiger partial charge in [-0.1, -0.05) is 0 Å². The third kappa shape index (κ3) is 5.46. The van der Waals surface area contributed by atoms with Crippen LogP contribution < -0.4 is 11.1 Å². The molecule has 1 aromatic heterocycles. The number of aromatic nitrogens is 1. The molecule has 88 valence electrons. The Balaban J connectivity index is 2.13. The fraction of sp³-hybridized carbons (Fsp3) is 0.500. The Morgan fingerprint density at radius 1 is 1.50 bits per heavy atom. The summed E-state index contributed by atoms with van der Waals surface area (Å²) in [6.07, 6.45) is 5.60. The zero-order valence-corrected chi connectivity index (χ0v) is 9.65. The average molecular weight is 221 g/mol. The van der Waals surface area contributed by atoms with Crippen molar-refractivity contribution in [2.24, 2.45) is 5.73 Å². The summed E-state index contributed by atoms with van der Waals surface area (Å²) in [6, 6.07) is 3.99. The molecule has 0 bridgehead atoms. The highest BCUT2D eigenvalue weighted by molar-refractivity contribution is 5.75. The lowest BCUT2D eigenvalue weighted by molar-refractivity contribution is -0.121. The number of nitrogens with zero attached hydrogens (tertiary/aromatic N) is 1. The lowest BCUT2D eigenvalue weighted by Crippen LogP contribution is -2.27. The Labute approximate surface area is 96.3 Å². The van der Waals surface area contributed by atoms with E-state index in [0.29, 0.717) is 13.0 Å². The van der Waals surface area contributed by atoms with Gasteiger partial charge in [0.15, 0.2) is 0 Å². The number of hydrogen-bond acceptors (Lipinski definition) is 3. The van der Waals surface area contributed by atoms with Crippen molar-refractivity contribution >= 4 is 5.91 Å². The highest BCUT2D eigenvalue weighted by Gasteiger charge is 2.02. The number of hydrogen-bond donors (Lipinski definition) is 2. The van der Waals surface area contributed by atoms with E-state index in [2.05, 4.69) is 10.3 Å². The number of carbonyl (C=O) groups excluding carboxylic acids is 1. The lowest BCUT2D eigenvalue weighted by Gasteiger charge is -2.06. The highest BCUT2D eigenvalue weighted by atomic mass is 16.1. The summed E-state index contributed by atoms with van der Waals surface area (Å²) in [6.45, 7) is 2.58. The Bertz CT molecular complexity index is 311. The van der Waals surface area contributed by atoms with Gasteiger partial charge >= 0.3 is 0 Å². The molecule has 0 radical (unpaired) electrons. The van der Waals surface area contributed by atoms with Crippen molar-refractivity contribution in [1.82, 2.24) is 10.3 Å². The zero-order chi connectivity index (χ0) is 11.8. The van der Waals surface area contributed by atoms with Crippen molar-refractivity contribution in [3.8, 4) is 0 Å². The number of rotatable bonds is 6. The van der Waals surface area contributed by atoms with Gasteiger partial charge in [-0.15, -0.1) is 0 Å². The van der Waals surface area contributed by atoms with Gasteiger partial charge in [-0.05, 0) is 37.5 Å². The maximum absolute atomic E-state index is 11.4. The minimum Gasteiger partial charge on any atom is -0.356 e. The van der Waals surface area contributed by atoms with Crippen LogP contribution in [0.3, 0.4) is 0 Å². The van der Waals surface area contributed by atoms with E-state index in [9.17, 15) is 4.79 Å². The first-order valence-corrected chi connectivity index (χ1v) is 5.59. The molecule has 1 amide bonds. The largest absolute Gasteiger partial charge is 0.356 e. The maximum Gasteiger partial charge on any atom is 0.220 e. The van der Waals surface area contributed by atoms with Gasteiger partial charge in [0.1, 0.15) is 0 Å². The van der Waals surface area contributed by atoms with Crippen molar-refractivity contribution in [3.63, 3.8) is 0 Å². The Hall–Kier alpha value is -1.42. The molecule has 1 unspecified atom stereocenters. The van der Waals surface area contributed by atoms with Crippen molar-refractivity contribution in [2.45, 2.75) is 32.2 Å². The number of nitrogens with two attached hydrogens (primary N) is 1. The van der Waals surface area contributed by atoms with Crippen LogP contribution in [0.5, 0.6) is 0 Å². The van der Waals surface area contributed by atoms with Crippen LogP contribution in [0.1, 0.15) is 25.3 Å². The van der Waals surface area contributed by atoms with E-state index >= 15 is 0 Å². The van der Waals surface area contributed by atoms with Crippen LogP contribution in [-0.4, -0.2) is 23.5 Å². The molecular formula is C12H19N3O. The highest BCUT2D eigenvalue weighted by Crippen LogP contribution is 1.97. The molecule has 4 heteroatoms. The van der Waals surface area contributed by atoms with E-state index in [1.807, 2.05) is 19.1 Å². The quantitative estimate of drug-likeness (QED) is 0.749. The molecule has 4 nitrogen and oxygen atoms in total. The molecule has 1 heterocycles. The smallest absolute Gasteiger partial charge is 0.220 e. The summed E-state index contributed by atoms with van der Waals surface area (Å²) in [4.78, 5) is 15.3. The van der Waals surface area contributed by atoms with Crippen LogP contribution in [0.4, 0.5) is 0 Å². The van der Waals surface area contributed by atoms with Gasteiger partial charge in [-0.2, -0.15) is 0 Å². The van der Waals surface area contributed by atoms with Crippen LogP contribution in [0.25, 0.3) is 0 Å². The van der Waals surface area contributed by atoms with Gasteiger partial charge in [-0.3, -0.25) is 9.78 Å². The molecule has 0 fully saturated rings. The minimum absolute atomic E-state index is 0.0753. The zero-order valence-electron chi connectivity index (χ0n) is 9.65. The Morgan fingerprint density at radius 2 is 2.19 bits per heavy atom. The normalized spacial score (nSPS) is 12.1. The van der Waals surface area contributed by atoms with Crippen molar-refractivity contribution in [3.05, 3.63) is 30.1 Å². The van der Waals surface area contributed by atoms with E-state index in [4.69, 9.17) is 5.73 Å². The van der Waals surface area contributed by atoms with Gasteiger partial charge in [-0.25, -0.2) is 0 Å². The molecule has 0 saturated heterocycles. The SMILES string of the molecule is CC(N)CCC(=O)NCCc1ccncc1. The molecule has 0 aliphatic carbocycles. The van der Waals surface area contributed by atoms with Gasteiger partial charge in [0, 0.05) is 31.4 Å². The molecule has 1 atom stereocenters. The minimum atomic E-state index is 0.0753. The van der Waals surface area contributed by atoms with Gasteiger partial charge in [0.2, 0.25) is 5.91 Å². The fourth-order valence-electron chi connectivity index (χ4n) is 1.34. The maximum atomic E-state index is 11.4. The third-order valence-electron chi connectivity index (χ3n) is 2.31. The number of nitrogens with one attached hydrogen (secondary N) is 1. The summed E-state index contributed by atoms with van der Waals surface area (Å²) in [5, 5.41) is 2.87. The van der Waals surface area contributed by atoms with Crippen molar-refractivity contribution in [1.29, 1.82) is 0 Å². The van der Waals surface area contributed by atoms with E-state index in [1.54, 1.807) is 12.4 Å². The molecule has 1 aromatic rings. The van der Waals surface area contributed by atoms with Crippen LogP contribution in [0, 0.1) is 0 Å². The fourth-order valence-corrected chi connectivity index (χ4v) is 1.34. The van der Waals surface area contributed by atoms with Gasteiger partial charge < -0.3 is 11.1 Å². The molecule has 0 spiro atoms. The van der Waals surface area contributed by atoms with Crippen LogP contribution in [0.15, 0.2) is 24.5 Å². The van der Waals surface area contributed by atoms with Gasteiger partial charge in [0.05, 0.1) is 0 Å². The van der Waals surface area contributed by atoms with E-state index in [1.165, 1.54) is 5.56 Å². The van der Waals surface area contributed by atoms with E-state index < -0.39 is 0 Å². The molecule has 16 heavy (non-hydrogen) atoms. The molecule has 1 rings (SSSR count). The summed E-state index contributed by atoms with van der Waals surface area (Å²) < 4.78 is 0. The molecule has 0 aromatic carbocycles. The number of pyridine rings is 1. The lowest BCUT2D eigenvalue weighted by atomic mass is 10.2. The molecule has 0 aliphatic rings. The molecule has 3 N–H and O–H groups in total. The summed E-state index contributed by atoms with van der Waals surface area (Å²) >= 11 is 0. The van der Waals surface area contributed by atoms with Crippen molar-refractivity contribution in [2.75, 3.05) is 6.54 Å². The summed E-state index contributed by atoms with van der Waals surface area (Å²) in [5.41, 5.74) is 6.76. The number of amides is 1. The predicted molar refractivity (Wildman–Crippen MR) is 63.8 cm³/mol. The van der Waals surface area contributed by atoms with Gasteiger partial charge in [0.25, 0.3) is 0 Å². The van der Waals surface area contributed by atoms with Crippen LogP contribution in [-0.2, 0) is 11.2 Å². The topological polar surface area (TPSA) is 68.0 Å². The average Bonchev–Trinajstić information content (AvgIpc) is 2.28. The Kier molecular flexibility index (Phi) is 5.50. The van der Waals surface area contributed by atoms with Crippen LogP contribution >= 0.6 is 0 Å². The summed E-state index contributed by atoms with van der Waals surface area (Å²) in [7, 11) is 0.